The minimum atomic E-state index is -4.78. The lowest BCUT2D eigenvalue weighted by Gasteiger charge is -2.01. The average Bonchev–Trinajstić information content (AvgIpc) is 2.02. The van der Waals surface area contributed by atoms with E-state index in [-0.39, 0.29) is 5.88 Å². The topological polar surface area (TPSA) is 116 Å². The van der Waals surface area contributed by atoms with Crippen molar-refractivity contribution in [3.8, 4) is 5.88 Å². The number of aromatic nitrogens is 2. The summed E-state index contributed by atoms with van der Waals surface area (Å²) in [6, 6.07) is 0. The summed E-state index contributed by atoms with van der Waals surface area (Å²) in [6.07, 6.45) is 3.70. The van der Waals surface area contributed by atoms with Gasteiger partial charge in [-0.05, 0) is 0 Å². The molecule has 1 aromatic rings. The molecule has 10 heteroatoms. The van der Waals surface area contributed by atoms with Gasteiger partial charge in [-0.25, -0.2) is 9.55 Å². The maximum atomic E-state index is 10.8. The molecule has 0 radical (unpaired) electrons. The molecule has 1 rings (SSSR count). The van der Waals surface area contributed by atoms with Crippen molar-refractivity contribution in [1.29, 1.82) is 0 Å². The van der Waals surface area contributed by atoms with Gasteiger partial charge in [-0.3, -0.25) is 9.54 Å². The van der Waals surface area contributed by atoms with E-state index in [2.05, 4.69) is 18.5 Å². The second-order valence-corrected chi connectivity index (χ2v) is 4.13. The summed E-state index contributed by atoms with van der Waals surface area (Å²) in [4.78, 5) is 7.09. The van der Waals surface area contributed by atoms with E-state index in [4.69, 9.17) is 4.55 Å². The first-order valence-electron chi connectivity index (χ1n) is 3.12. The quantitative estimate of drug-likeness (QED) is 0.580. The molecule has 0 fully saturated rings. The van der Waals surface area contributed by atoms with Crippen molar-refractivity contribution in [2.45, 2.75) is 0 Å². The largest absolute Gasteiger partial charge is 0.405 e. The smallest absolute Gasteiger partial charge is 0.405 e. The third-order valence-corrected chi connectivity index (χ3v) is 2.66. The van der Waals surface area contributed by atoms with Crippen molar-refractivity contribution in [2.24, 2.45) is 0 Å². The number of rotatable bonds is 4. The van der Waals surface area contributed by atoms with Crippen LogP contribution in [-0.4, -0.2) is 22.9 Å². The van der Waals surface area contributed by atoms with Crippen molar-refractivity contribution in [2.75, 3.05) is 0 Å². The van der Waals surface area contributed by atoms with Crippen LogP contribution in [-0.2, 0) is 18.9 Å². The fourth-order valence-corrected chi connectivity index (χ4v) is 1.63. The summed E-state index contributed by atoms with van der Waals surface area (Å²) in [6.45, 7) is 0. The zero-order valence-corrected chi connectivity index (χ0v) is 8.34. The van der Waals surface area contributed by atoms with Gasteiger partial charge in [0.1, 0.15) is 0 Å². The monoisotopic (exact) mass is 240 g/mol. The van der Waals surface area contributed by atoms with Crippen molar-refractivity contribution < 1.29 is 26.0 Å². The Morgan fingerprint density at radius 2 is 2.14 bits per heavy atom. The van der Waals surface area contributed by atoms with Crippen LogP contribution < -0.4 is 4.52 Å². The van der Waals surface area contributed by atoms with Crippen molar-refractivity contribution >= 4 is 18.7 Å². The first kappa shape index (κ1) is 11.1. The van der Waals surface area contributed by atoms with Gasteiger partial charge in [0, 0.05) is 12.4 Å². The average molecular weight is 240 g/mol. The summed E-state index contributed by atoms with van der Waals surface area (Å²) in [5.41, 5.74) is 0. The van der Waals surface area contributed by atoms with Crippen LogP contribution >= 0.6 is 8.25 Å². The van der Waals surface area contributed by atoms with Gasteiger partial charge in [0.15, 0.2) is 0 Å². The molecule has 0 amide bonds. The molecule has 1 atom stereocenters. The number of hydrogen-bond donors (Lipinski definition) is 1. The third-order valence-electron chi connectivity index (χ3n) is 0.901. The van der Waals surface area contributed by atoms with E-state index in [0.717, 1.165) is 6.20 Å². The van der Waals surface area contributed by atoms with Gasteiger partial charge in [0.25, 0.3) is 0 Å². The Bertz CT molecular complexity index is 419. The van der Waals surface area contributed by atoms with E-state index in [9.17, 15) is 13.0 Å². The summed E-state index contributed by atoms with van der Waals surface area (Å²) in [5.74, 6) is -0.167. The highest BCUT2D eigenvalue weighted by atomic mass is 32.3. The highest BCUT2D eigenvalue weighted by Crippen LogP contribution is 2.27. The molecule has 1 aromatic heterocycles. The van der Waals surface area contributed by atoms with Crippen molar-refractivity contribution in [3.63, 3.8) is 0 Å². The van der Waals surface area contributed by atoms with E-state index < -0.39 is 18.7 Å². The van der Waals surface area contributed by atoms with Gasteiger partial charge in [0.05, 0.1) is 6.20 Å². The molecule has 1 unspecified atom stereocenters. The van der Waals surface area contributed by atoms with E-state index in [1.54, 1.807) is 0 Å². The second-order valence-electron chi connectivity index (χ2n) is 1.91. The molecule has 14 heavy (non-hydrogen) atoms. The Hall–Kier alpha value is -1.02. The molecule has 0 saturated carbocycles. The maximum Gasteiger partial charge on any atom is 0.405 e. The van der Waals surface area contributed by atoms with Crippen LogP contribution in [0.2, 0.25) is 0 Å². The fourth-order valence-electron chi connectivity index (χ4n) is 0.526. The molecular weight excluding hydrogens is 235 g/mol. The van der Waals surface area contributed by atoms with Crippen LogP contribution in [0.5, 0.6) is 5.88 Å². The van der Waals surface area contributed by atoms with E-state index >= 15 is 0 Å². The molecule has 1 heterocycles. The third kappa shape index (κ3) is 4.28. The second kappa shape index (κ2) is 4.47. The molecule has 0 saturated heterocycles. The number of nitrogens with zero attached hydrogens (tertiary/aromatic N) is 2. The van der Waals surface area contributed by atoms with Crippen molar-refractivity contribution in [1.82, 2.24) is 9.97 Å². The normalized spacial score (nSPS) is 13.5. The molecular formula is C4H5N2O6PS. The first-order valence-corrected chi connectivity index (χ1v) is 5.71. The molecule has 0 aromatic carbocycles. The summed E-state index contributed by atoms with van der Waals surface area (Å²) < 4.78 is 47.1. The van der Waals surface area contributed by atoms with Crippen LogP contribution in [0.4, 0.5) is 0 Å². The molecule has 0 bridgehead atoms. The Balaban J connectivity index is 2.59. The van der Waals surface area contributed by atoms with E-state index in [1.165, 1.54) is 12.4 Å². The Labute approximate surface area is 79.8 Å². The highest BCUT2D eigenvalue weighted by Gasteiger charge is 2.12. The fraction of sp³-hybridized carbons (Fsp3) is 0. The van der Waals surface area contributed by atoms with E-state index in [0.29, 0.717) is 0 Å². The van der Waals surface area contributed by atoms with Gasteiger partial charge in [-0.15, -0.1) is 0 Å². The Kier molecular flexibility index (Phi) is 3.53. The standard InChI is InChI=1S/C4H5N2O6PS/c7-13(12-14(8,9)10)11-4-3-5-1-2-6-4/h1-3,13H,(H,8,9,10). The molecule has 0 spiro atoms. The van der Waals surface area contributed by atoms with Gasteiger partial charge >= 0.3 is 18.7 Å². The molecule has 0 aliphatic rings. The molecule has 1 N–H and O–H groups in total. The molecule has 0 aliphatic heterocycles. The summed E-state index contributed by atoms with van der Waals surface area (Å²) in [7, 11) is -8.17. The van der Waals surface area contributed by atoms with Crippen LogP contribution in [0.1, 0.15) is 0 Å². The molecule has 0 aliphatic carbocycles. The van der Waals surface area contributed by atoms with E-state index in [1.807, 2.05) is 0 Å². The van der Waals surface area contributed by atoms with Crippen molar-refractivity contribution in [3.05, 3.63) is 18.6 Å². The lowest BCUT2D eigenvalue weighted by molar-refractivity contribution is 0.356. The van der Waals surface area contributed by atoms with Gasteiger partial charge in [-0.1, -0.05) is 0 Å². The predicted molar refractivity (Wildman–Crippen MR) is 44.3 cm³/mol. The summed E-state index contributed by atoms with van der Waals surface area (Å²) >= 11 is 0. The zero-order chi connectivity index (χ0) is 10.6. The minimum Gasteiger partial charge on any atom is -0.405 e. The SMILES string of the molecule is O=[PH](Oc1cnccn1)OS(=O)(=O)O. The van der Waals surface area contributed by atoms with Crippen LogP contribution in [0.25, 0.3) is 0 Å². The van der Waals surface area contributed by atoms with Gasteiger partial charge < -0.3 is 4.52 Å². The molecule has 78 valence electrons. The van der Waals surface area contributed by atoms with Crippen LogP contribution in [0.15, 0.2) is 18.6 Å². The van der Waals surface area contributed by atoms with Gasteiger partial charge in [0.2, 0.25) is 5.88 Å². The zero-order valence-electron chi connectivity index (χ0n) is 6.52. The predicted octanol–water partition coefficient (Wildman–Crippen LogP) is 0.0645. The minimum absolute atomic E-state index is 0.167. The molecule has 8 nitrogen and oxygen atoms in total. The first-order chi connectivity index (χ1) is 6.47. The van der Waals surface area contributed by atoms with Crippen LogP contribution in [0.3, 0.4) is 0 Å². The Morgan fingerprint density at radius 3 is 2.64 bits per heavy atom. The number of hydrogen-bond acceptors (Lipinski definition) is 7. The van der Waals surface area contributed by atoms with Gasteiger partial charge in [-0.2, -0.15) is 12.4 Å². The Morgan fingerprint density at radius 1 is 1.43 bits per heavy atom. The highest BCUT2D eigenvalue weighted by molar-refractivity contribution is 7.84. The van der Waals surface area contributed by atoms with Crippen LogP contribution in [0, 0.1) is 0 Å². The maximum absolute atomic E-state index is 10.8. The lowest BCUT2D eigenvalue weighted by atomic mass is 10.7. The summed E-state index contributed by atoms with van der Waals surface area (Å²) in [5, 5.41) is 0. The lowest BCUT2D eigenvalue weighted by Crippen LogP contribution is -1.99.